The fourth-order valence-electron chi connectivity index (χ4n) is 0. The van der Waals surface area contributed by atoms with Gasteiger partial charge in [-0.05, 0) is 0 Å². The van der Waals surface area contributed by atoms with E-state index < -0.39 is 0 Å². The van der Waals surface area contributed by atoms with Crippen LogP contribution in [0.5, 0.6) is 0 Å². The minimum absolute atomic E-state index is 0. The molecule has 0 N–H and O–H groups in total. The summed E-state index contributed by atoms with van der Waals surface area (Å²) >= 11 is 0. The predicted octanol–water partition coefficient (Wildman–Crippen LogP) is -1.36. The molecule has 5 nitrogen and oxygen atoms in total. The Morgan fingerprint density at radius 3 is 0.333 bits per heavy atom. The molecule has 0 aliphatic carbocycles. The van der Waals surface area contributed by atoms with Crippen LogP contribution in [-0.2, 0) is 27.4 Å². The van der Waals surface area contributed by atoms with Gasteiger partial charge in [-0.25, -0.2) is 0 Å². The van der Waals surface area contributed by atoms with E-state index >= 15 is 0 Å². The van der Waals surface area contributed by atoms with E-state index in [0.717, 1.165) is 0 Å². The molecular formula is La2O5Sr2. The Balaban J connectivity index is 0. The van der Waals surface area contributed by atoms with Crippen molar-refractivity contribution in [2.24, 2.45) is 0 Å². The summed E-state index contributed by atoms with van der Waals surface area (Å²) in [6, 6.07) is 0. The molecule has 0 rings (SSSR count). The Morgan fingerprint density at radius 2 is 0.333 bits per heavy atom. The van der Waals surface area contributed by atoms with Gasteiger partial charge < -0.3 is 27.4 Å². The van der Waals surface area contributed by atoms with Crippen LogP contribution in [-0.4, -0.2) is 91.0 Å². The van der Waals surface area contributed by atoms with E-state index in [4.69, 9.17) is 0 Å². The van der Waals surface area contributed by atoms with Crippen LogP contribution in [0.25, 0.3) is 0 Å². The summed E-state index contributed by atoms with van der Waals surface area (Å²) in [5.41, 5.74) is 0. The molecule has 0 bridgehead atoms. The zero-order valence-corrected chi connectivity index (χ0v) is 18.8. The van der Waals surface area contributed by atoms with Crippen LogP contribution in [0.3, 0.4) is 0 Å². The first-order valence-corrected chi connectivity index (χ1v) is 0. The summed E-state index contributed by atoms with van der Waals surface area (Å²) < 4.78 is 0. The topological polar surface area (TPSA) is 142 Å². The Kier molecular flexibility index (Phi) is 750. The fraction of sp³-hybridized carbons (Fsp3) is 0. The first kappa shape index (κ1) is 92.2. The zero-order chi connectivity index (χ0) is 0. The molecule has 0 radical (unpaired) electrons. The van der Waals surface area contributed by atoms with Crippen LogP contribution < -0.4 is 0 Å². The first-order chi connectivity index (χ1) is 0. The fourth-order valence-corrected chi connectivity index (χ4v) is 0. The molecule has 0 atom stereocenters. The van der Waals surface area contributed by atoms with Crippen LogP contribution in [0.4, 0.5) is 0 Å². The minimum Gasteiger partial charge on any atom is -2.00 e. The van der Waals surface area contributed by atoms with Gasteiger partial charge >= 0.3 is 162 Å². The van der Waals surface area contributed by atoms with Gasteiger partial charge in [0.15, 0.2) is 0 Å². The SMILES string of the molecule is [La+3].[La+3].[O-2].[O-2].[O-2].[O-2].[O-2].[Sr+2].[Sr+2]. The largest absolute Gasteiger partial charge is 3.00 e. The second-order valence-corrected chi connectivity index (χ2v) is 0. The average molecular weight is 533 g/mol. The van der Waals surface area contributed by atoms with Crippen molar-refractivity contribution in [1.82, 2.24) is 0 Å². The molecule has 40 valence electrons. The zero-order valence-electron chi connectivity index (χ0n) is 4.61. The van der Waals surface area contributed by atoms with Crippen molar-refractivity contribution in [3.63, 3.8) is 0 Å². The predicted molar refractivity (Wildman–Crippen MR) is 14.9 cm³/mol. The molecule has 0 unspecified atom stereocenters. The maximum Gasteiger partial charge on any atom is 3.00 e. The van der Waals surface area contributed by atoms with Crippen LogP contribution in [0.1, 0.15) is 0 Å². The molecule has 0 fully saturated rings. The third-order valence-corrected chi connectivity index (χ3v) is 0. The van der Waals surface area contributed by atoms with E-state index in [2.05, 4.69) is 0 Å². The van der Waals surface area contributed by atoms with Crippen molar-refractivity contribution in [3.8, 4) is 0 Å². The molecule has 0 saturated carbocycles. The summed E-state index contributed by atoms with van der Waals surface area (Å²) in [6.45, 7) is 0. The third-order valence-electron chi connectivity index (χ3n) is 0. The number of hydrogen-bond acceptors (Lipinski definition) is 0. The Labute approximate surface area is 184 Å². The van der Waals surface area contributed by atoms with Crippen molar-refractivity contribution < 1.29 is 98.6 Å². The van der Waals surface area contributed by atoms with Crippen molar-refractivity contribution in [2.75, 3.05) is 0 Å². The molecule has 0 aromatic rings. The summed E-state index contributed by atoms with van der Waals surface area (Å²) in [5, 5.41) is 0. The number of hydrogen-bond donors (Lipinski definition) is 0. The van der Waals surface area contributed by atoms with E-state index in [9.17, 15) is 0 Å². The van der Waals surface area contributed by atoms with Crippen molar-refractivity contribution >= 4 is 91.0 Å². The third kappa shape index (κ3) is 61.6. The van der Waals surface area contributed by atoms with Gasteiger partial charge in [0, 0.05) is 0 Å². The van der Waals surface area contributed by atoms with Gasteiger partial charge in [-0.1, -0.05) is 0 Å². The smallest absolute Gasteiger partial charge is 2.00 e. The van der Waals surface area contributed by atoms with Gasteiger partial charge in [0.25, 0.3) is 0 Å². The molecule has 0 aromatic heterocycles. The summed E-state index contributed by atoms with van der Waals surface area (Å²) in [4.78, 5) is 0. The molecule has 9 heteroatoms. The molecular weight excluding hydrogens is 533 g/mol. The molecule has 0 aliphatic heterocycles. The van der Waals surface area contributed by atoms with E-state index in [1.54, 1.807) is 0 Å². The second kappa shape index (κ2) is 73.2. The first-order valence-electron chi connectivity index (χ1n) is 0. The Morgan fingerprint density at radius 1 is 0.333 bits per heavy atom. The van der Waals surface area contributed by atoms with Gasteiger partial charge in [-0.2, -0.15) is 0 Å². The molecule has 0 aromatic carbocycles. The molecule has 9 heavy (non-hydrogen) atoms. The van der Waals surface area contributed by atoms with E-state index in [1.807, 2.05) is 0 Å². The average Bonchev–Trinajstić information content (AvgIpc) is 0. The van der Waals surface area contributed by atoms with E-state index in [1.165, 1.54) is 0 Å². The molecule has 0 spiro atoms. The standard InChI is InChI=1S/2La.5O.2Sr/q2*+3;5*-2;2*+2. The normalized spacial score (nSPS) is 0. The van der Waals surface area contributed by atoms with Crippen LogP contribution in [0.2, 0.25) is 0 Å². The summed E-state index contributed by atoms with van der Waals surface area (Å²) in [7, 11) is 0. The van der Waals surface area contributed by atoms with Crippen LogP contribution in [0.15, 0.2) is 0 Å². The summed E-state index contributed by atoms with van der Waals surface area (Å²) in [5.74, 6) is 0. The van der Waals surface area contributed by atoms with Gasteiger partial charge in [0.2, 0.25) is 0 Å². The van der Waals surface area contributed by atoms with Gasteiger partial charge in [-0.15, -0.1) is 0 Å². The Hall–Kier alpha value is 5.15. The van der Waals surface area contributed by atoms with Gasteiger partial charge in [0.05, 0.1) is 0 Å². The maximum absolute atomic E-state index is 0. The van der Waals surface area contributed by atoms with Gasteiger partial charge in [0.1, 0.15) is 0 Å². The van der Waals surface area contributed by atoms with Crippen molar-refractivity contribution in [3.05, 3.63) is 0 Å². The molecule has 0 saturated heterocycles. The minimum atomic E-state index is 0. The van der Waals surface area contributed by atoms with Crippen LogP contribution >= 0.6 is 0 Å². The van der Waals surface area contributed by atoms with E-state index in [-0.39, 0.29) is 190 Å². The number of rotatable bonds is 0. The summed E-state index contributed by atoms with van der Waals surface area (Å²) in [6.07, 6.45) is 0. The molecule has 0 aliphatic rings. The Bertz CT molecular complexity index is 12.9. The van der Waals surface area contributed by atoms with Crippen molar-refractivity contribution in [1.29, 1.82) is 0 Å². The van der Waals surface area contributed by atoms with E-state index in [0.29, 0.717) is 0 Å². The maximum atomic E-state index is 0. The quantitative estimate of drug-likeness (QED) is 0.340. The molecule has 0 amide bonds. The van der Waals surface area contributed by atoms with Gasteiger partial charge in [-0.3, -0.25) is 0 Å². The molecule has 0 heterocycles. The van der Waals surface area contributed by atoms with Crippen LogP contribution in [0, 0.1) is 71.2 Å². The van der Waals surface area contributed by atoms with Crippen molar-refractivity contribution in [2.45, 2.75) is 0 Å². The second-order valence-electron chi connectivity index (χ2n) is 0. The monoisotopic (exact) mass is 534 g/mol.